The zero-order valence-electron chi connectivity index (χ0n) is 10.7. The van der Waals surface area contributed by atoms with Crippen LogP contribution >= 0.6 is 23.4 Å². The van der Waals surface area contributed by atoms with E-state index in [1.807, 2.05) is 34.9 Å². The van der Waals surface area contributed by atoms with Gasteiger partial charge in [0.05, 0.1) is 10.8 Å². The van der Waals surface area contributed by atoms with Crippen molar-refractivity contribution in [1.29, 1.82) is 0 Å². The van der Waals surface area contributed by atoms with E-state index in [2.05, 4.69) is 9.97 Å². The highest BCUT2D eigenvalue weighted by Gasteiger charge is 2.15. The van der Waals surface area contributed by atoms with Crippen molar-refractivity contribution in [1.82, 2.24) is 14.5 Å². The fraction of sp³-hybridized carbons (Fsp3) is 0.0714. The zero-order chi connectivity index (χ0) is 14.8. The summed E-state index contributed by atoms with van der Waals surface area (Å²) in [7, 11) is 0. The summed E-state index contributed by atoms with van der Waals surface area (Å²) in [6, 6.07) is 11.3. The van der Waals surface area contributed by atoms with Crippen LogP contribution < -0.4 is 0 Å². The summed E-state index contributed by atoms with van der Waals surface area (Å²) in [5, 5.41) is 9.93. The van der Waals surface area contributed by atoms with Gasteiger partial charge in [0.1, 0.15) is 5.52 Å². The number of hydrogen-bond donors (Lipinski definition) is 1. The van der Waals surface area contributed by atoms with Crippen molar-refractivity contribution in [2.45, 2.75) is 5.16 Å². The standard InChI is InChI=1S/C14H10ClN3O2S/c15-9-6-11-13(16-7-9)18(10-4-2-1-3-5-10)14(17-11)21-8-12(19)20/h1-7H,8H2,(H,19,20). The van der Waals surface area contributed by atoms with Crippen molar-refractivity contribution in [3.8, 4) is 5.69 Å². The molecule has 0 spiro atoms. The first kappa shape index (κ1) is 13.9. The Morgan fingerprint density at radius 1 is 1.33 bits per heavy atom. The van der Waals surface area contributed by atoms with Crippen LogP contribution in [0.3, 0.4) is 0 Å². The summed E-state index contributed by atoms with van der Waals surface area (Å²) < 4.78 is 1.83. The van der Waals surface area contributed by atoms with Crippen LogP contribution in [0.4, 0.5) is 0 Å². The van der Waals surface area contributed by atoms with Crippen molar-refractivity contribution in [3.05, 3.63) is 47.6 Å². The maximum Gasteiger partial charge on any atom is 0.313 e. The van der Waals surface area contributed by atoms with Crippen LogP contribution in [-0.2, 0) is 4.79 Å². The van der Waals surface area contributed by atoms with Gasteiger partial charge in [-0.15, -0.1) is 0 Å². The summed E-state index contributed by atoms with van der Waals surface area (Å²) in [5.41, 5.74) is 2.17. The molecule has 7 heteroatoms. The number of carboxylic acids is 1. The summed E-state index contributed by atoms with van der Waals surface area (Å²) in [6.07, 6.45) is 1.55. The van der Waals surface area contributed by atoms with Gasteiger partial charge in [-0.1, -0.05) is 41.6 Å². The van der Waals surface area contributed by atoms with Crippen molar-refractivity contribution < 1.29 is 9.90 Å². The molecule has 3 aromatic rings. The maximum absolute atomic E-state index is 10.8. The number of para-hydroxylation sites is 1. The highest BCUT2D eigenvalue weighted by molar-refractivity contribution is 7.99. The second-order valence-electron chi connectivity index (χ2n) is 4.24. The Kier molecular flexibility index (Phi) is 3.81. The monoisotopic (exact) mass is 319 g/mol. The Morgan fingerprint density at radius 2 is 2.10 bits per heavy atom. The molecule has 0 amide bonds. The van der Waals surface area contributed by atoms with E-state index < -0.39 is 5.97 Å². The number of aliphatic carboxylic acids is 1. The maximum atomic E-state index is 10.8. The van der Waals surface area contributed by atoms with Gasteiger partial charge >= 0.3 is 5.97 Å². The minimum absolute atomic E-state index is 0.0656. The molecular formula is C14H10ClN3O2S. The Labute approximate surface area is 129 Å². The fourth-order valence-corrected chi connectivity index (χ4v) is 2.84. The van der Waals surface area contributed by atoms with Crippen LogP contribution in [0.15, 0.2) is 47.8 Å². The normalized spacial score (nSPS) is 10.9. The van der Waals surface area contributed by atoms with E-state index in [9.17, 15) is 4.79 Å². The predicted molar refractivity (Wildman–Crippen MR) is 82.2 cm³/mol. The lowest BCUT2D eigenvalue weighted by molar-refractivity contribution is -0.133. The summed E-state index contributed by atoms with van der Waals surface area (Å²) in [5.74, 6) is -0.957. The number of fused-ring (bicyclic) bond motifs is 1. The summed E-state index contributed by atoms with van der Waals surface area (Å²) >= 11 is 7.09. The molecule has 0 aliphatic carbocycles. The minimum atomic E-state index is -0.891. The van der Waals surface area contributed by atoms with Gasteiger partial charge in [-0.25, -0.2) is 9.97 Å². The lowest BCUT2D eigenvalue weighted by Crippen LogP contribution is -2.02. The number of halogens is 1. The highest BCUT2D eigenvalue weighted by atomic mass is 35.5. The minimum Gasteiger partial charge on any atom is -0.481 e. The van der Waals surface area contributed by atoms with E-state index in [0.717, 1.165) is 17.4 Å². The van der Waals surface area contributed by atoms with Gasteiger partial charge in [-0.05, 0) is 18.2 Å². The molecule has 106 valence electrons. The number of aromatic nitrogens is 3. The van der Waals surface area contributed by atoms with Gasteiger partial charge in [0, 0.05) is 11.9 Å². The average Bonchev–Trinajstić information content (AvgIpc) is 2.83. The Hall–Kier alpha value is -2.05. The lowest BCUT2D eigenvalue weighted by atomic mass is 10.3. The van der Waals surface area contributed by atoms with E-state index in [4.69, 9.17) is 16.7 Å². The number of thioether (sulfide) groups is 1. The number of hydrogen-bond acceptors (Lipinski definition) is 4. The lowest BCUT2D eigenvalue weighted by Gasteiger charge is -2.07. The van der Waals surface area contributed by atoms with Crippen molar-refractivity contribution in [3.63, 3.8) is 0 Å². The number of nitrogens with zero attached hydrogens (tertiary/aromatic N) is 3. The van der Waals surface area contributed by atoms with Crippen LogP contribution in [0.5, 0.6) is 0 Å². The van der Waals surface area contributed by atoms with Gasteiger partial charge in [-0.3, -0.25) is 9.36 Å². The van der Waals surface area contributed by atoms with Crippen LogP contribution in [-0.4, -0.2) is 31.4 Å². The predicted octanol–water partition coefficient (Wildman–Crippen LogP) is 3.25. The van der Waals surface area contributed by atoms with Crippen molar-refractivity contribution >= 4 is 40.5 Å². The molecule has 0 aliphatic heterocycles. The van der Waals surface area contributed by atoms with Crippen molar-refractivity contribution in [2.24, 2.45) is 0 Å². The molecular weight excluding hydrogens is 310 g/mol. The van der Waals surface area contributed by atoms with Gasteiger partial charge < -0.3 is 5.11 Å². The van der Waals surface area contributed by atoms with Gasteiger partial charge in [0.2, 0.25) is 0 Å². The Bertz CT molecular complexity index is 805. The fourth-order valence-electron chi connectivity index (χ4n) is 1.95. The second-order valence-corrected chi connectivity index (χ2v) is 5.62. The van der Waals surface area contributed by atoms with Gasteiger partial charge in [0.25, 0.3) is 0 Å². The van der Waals surface area contributed by atoms with Gasteiger partial charge in [0.15, 0.2) is 10.8 Å². The first-order chi connectivity index (χ1) is 10.1. The summed E-state index contributed by atoms with van der Waals surface area (Å²) in [6.45, 7) is 0. The molecule has 1 N–H and O–H groups in total. The molecule has 2 heterocycles. The molecule has 1 aromatic carbocycles. The van der Waals surface area contributed by atoms with Crippen LogP contribution in [0, 0.1) is 0 Å². The third-order valence-corrected chi connectivity index (χ3v) is 3.90. The largest absolute Gasteiger partial charge is 0.481 e. The second kappa shape index (κ2) is 5.75. The Morgan fingerprint density at radius 3 is 2.81 bits per heavy atom. The number of carboxylic acid groups (broad SMARTS) is 1. The molecule has 0 fully saturated rings. The molecule has 5 nitrogen and oxygen atoms in total. The zero-order valence-corrected chi connectivity index (χ0v) is 12.3. The highest BCUT2D eigenvalue weighted by Crippen LogP contribution is 2.27. The smallest absolute Gasteiger partial charge is 0.313 e. The van der Waals surface area contributed by atoms with E-state index in [1.54, 1.807) is 12.3 Å². The number of carbonyl (C=O) groups is 1. The van der Waals surface area contributed by atoms with E-state index in [-0.39, 0.29) is 5.75 Å². The molecule has 3 rings (SSSR count). The number of rotatable bonds is 4. The molecule has 0 aliphatic rings. The van der Waals surface area contributed by atoms with E-state index >= 15 is 0 Å². The molecule has 0 radical (unpaired) electrons. The summed E-state index contributed by atoms with van der Waals surface area (Å²) in [4.78, 5) is 19.5. The Balaban J connectivity index is 2.18. The quantitative estimate of drug-likeness (QED) is 0.748. The van der Waals surface area contributed by atoms with E-state index in [0.29, 0.717) is 21.3 Å². The first-order valence-corrected chi connectivity index (χ1v) is 7.45. The van der Waals surface area contributed by atoms with Crippen molar-refractivity contribution in [2.75, 3.05) is 5.75 Å². The third kappa shape index (κ3) is 2.86. The molecule has 0 saturated heterocycles. The van der Waals surface area contributed by atoms with Crippen LogP contribution in [0.25, 0.3) is 16.9 Å². The van der Waals surface area contributed by atoms with E-state index in [1.165, 1.54) is 0 Å². The first-order valence-electron chi connectivity index (χ1n) is 6.09. The topological polar surface area (TPSA) is 68.0 Å². The van der Waals surface area contributed by atoms with Crippen LogP contribution in [0.2, 0.25) is 5.02 Å². The third-order valence-electron chi connectivity index (χ3n) is 2.77. The SMILES string of the molecule is O=C(O)CSc1nc2cc(Cl)cnc2n1-c1ccccc1. The number of imidazole rings is 1. The molecule has 21 heavy (non-hydrogen) atoms. The molecule has 0 unspecified atom stereocenters. The van der Waals surface area contributed by atoms with Gasteiger partial charge in [-0.2, -0.15) is 0 Å². The number of benzene rings is 1. The van der Waals surface area contributed by atoms with Crippen LogP contribution in [0.1, 0.15) is 0 Å². The number of pyridine rings is 1. The average molecular weight is 320 g/mol. The molecule has 0 bridgehead atoms. The molecule has 2 aromatic heterocycles. The molecule has 0 atom stereocenters. The molecule has 0 saturated carbocycles.